The molecule has 0 N–H and O–H groups in total. The van der Waals surface area contributed by atoms with Crippen molar-refractivity contribution in [3.05, 3.63) is 69.3 Å². The highest BCUT2D eigenvalue weighted by Gasteiger charge is 2.59. The summed E-state index contributed by atoms with van der Waals surface area (Å²) in [5.74, 6) is 2.55. The van der Waals surface area contributed by atoms with Crippen LogP contribution in [0.25, 0.3) is 11.3 Å². The van der Waals surface area contributed by atoms with E-state index >= 15 is 0 Å². The number of fused-ring (bicyclic) bond motifs is 7. The SMILES string of the molecule is C[C@]12CCC=C[C@@H]1CC[C@@H]1[C@@H]2CC[C@]2(C)c3c(c(-c4ccc(F)cc4)oc(=O)c3C#N)C[C@@H]12. The van der Waals surface area contributed by atoms with E-state index in [4.69, 9.17) is 4.42 Å². The molecular weight excluding hydrogens is 413 g/mol. The number of nitrogens with zero attached hydrogens (tertiary/aromatic N) is 1. The molecule has 0 amide bonds. The van der Waals surface area contributed by atoms with Crippen molar-refractivity contribution in [1.29, 1.82) is 5.26 Å². The number of halogens is 1. The molecule has 1 heterocycles. The van der Waals surface area contributed by atoms with Crippen LogP contribution in [0.15, 0.2) is 45.6 Å². The van der Waals surface area contributed by atoms with Crippen molar-refractivity contribution in [3.63, 3.8) is 0 Å². The first-order valence-electron chi connectivity index (χ1n) is 12.4. The number of rotatable bonds is 1. The van der Waals surface area contributed by atoms with Crippen LogP contribution in [-0.4, -0.2) is 0 Å². The minimum absolute atomic E-state index is 0.180. The molecule has 0 unspecified atom stereocenters. The van der Waals surface area contributed by atoms with E-state index in [0.717, 1.165) is 30.4 Å². The molecule has 4 heteroatoms. The minimum atomic E-state index is -0.562. The molecule has 0 bridgehead atoms. The fourth-order valence-corrected chi connectivity index (χ4v) is 8.39. The fourth-order valence-electron chi connectivity index (χ4n) is 8.39. The predicted octanol–water partition coefficient (Wildman–Crippen LogP) is 6.54. The Morgan fingerprint density at radius 3 is 2.64 bits per heavy atom. The summed E-state index contributed by atoms with van der Waals surface area (Å²) in [7, 11) is 0. The van der Waals surface area contributed by atoms with Crippen molar-refractivity contribution in [2.24, 2.45) is 29.1 Å². The van der Waals surface area contributed by atoms with Crippen LogP contribution < -0.4 is 5.63 Å². The van der Waals surface area contributed by atoms with Crippen LogP contribution >= 0.6 is 0 Å². The summed E-state index contributed by atoms with van der Waals surface area (Å²) in [6, 6.07) is 8.34. The van der Waals surface area contributed by atoms with Gasteiger partial charge in [0.25, 0.3) is 0 Å². The summed E-state index contributed by atoms with van der Waals surface area (Å²) in [6.45, 7) is 4.79. The van der Waals surface area contributed by atoms with Crippen molar-refractivity contribution in [2.45, 2.75) is 64.2 Å². The average molecular weight is 444 g/mol. The molecule has 2 saturated carbocycles. The second-order valence-electron chi connectivity index (χ2n) is 11.3. The second kappa shape index (κ2) is 7.16. The molecule has 33 heavy (non-hydrogen) atoms. The van der Waals surface area contributed by atoms with Gasteiger partial charge in [0.15, 0.2) is 0 Å². The Labute approximate surface area is 194 Å². The van der Waals surface area contributed by atoms with Crippen LogP contribution in [0, 0.1) is 46.2 Å². The zero-order valence-electron chi connectivity index (χ0n) is 19.4. The number of nitriles is 1. The van der Waals surface area contributed by atoms with E-state index in [0.29, 0.717) is 40.4 Å². The monoisotopic (exact) mass is 443 g/mol. The van der Waals surface area contributed by atoms with Gasteiger partial charge in [-0.05, 0) is 109 Å². The van der Waals surface area contributed by atoms with Crippen LogP contribution in [0.5, 0.6) is 0 Å². The molecule has 3 nitrogen and oxygen atoms in total. The van der Waals surface area contributed by atoms with Gasteiger partial charge in [-0.25, -0.2) is 9.18 Å². The highest BCUT2D eigenvalue weighted by Crippen LogP contribution is 2.65. The van der Waals surface area contributed by atoms with Crippen molar-refractivity contribution < 1.29 is 8.81 Å². The van der Waals surface area contributed by atoms with Crippen LogP contribution in [0.4, 0.5) is 4.39 Å². The second-order valence-corrected chi connectivity index (χ2v) is 11.3. The summed E-state index contributed by atoms with van der Waals surface area (Å²) in [4.78, 5) is 12.9. The molecule has 2 aromatic rings. The molecule has 1 aromatic carbocycles. The van der Waals surface area contributed by atoms with Crippen LogP contribution in [0.1, 0.15) is 69.1 Å². The molecular formula is C29H30FNO2. The summed E-state index contributed by atoms with van der Waals surface area (Å²) < 4.78 is 19.3. The van der Waals surface area contributed by atoms with Crippen LogP contribution in [-0.2, 0) is 11.8 Å². The quantitative estimate of drug-likeness (QED) is 0.470. The topological polar surface area (TPSA) is 54.0 Å². The smallest absolute Gasteiger partial charge is 0.354 e. The molecule has 2 fully saturated rings. The lowest BCUT2D eigenvalue weighted by Gasteiger charge is -2.59. The van der Waals surface area contributed by atoms with Gasteiger partial charge >= 0.3 is 5.63 Å². The van der Waals surface area contributed by atoms with Gasteiger partial charge in [0, 0.05) is 11.1 Å². The minimum Gasteiger partial charge on any atom is -0.421 e. The molecule has 1 aromatic heterocycles. The fraction of sp³-hybridized carbons (Fsp3) is 0.517. The lowest BCUT2D eigenvalue weighted by molar-refractivity contribution is -0.0652. The van der Waals surface area contributed by atoms with Gasteiger partial charge in [-0.1, -0.05) is 26.0 Å². The highest BCUT2D eigenvalue weighted by atomic mass is 19.1. The first kappa shape index (κ1) is 20.9. The standard InChI is InChI=1S/C29H30FNO2/c1-28-13-4-3-5-18(28)8-11-20-23(28)12-14-29(2)24(20)15-21-25(29)22(16-31)27(32)33-26(21)17-6-9-19(30)10-7-17/h3,5-7,9-10,18,20,23-24H,4,8,11-15H2,1-2H3/t18-,20-,23+,24+,28+,29+/m1/s1. The van der Waals surface area contributed by atoms with E-state index in [1.54, 1.807) is 12.1 Å². The molecule has 0 radical (unpaired) electrons. The third-order valence-electron chi connectivity index (χ3n) is 9.99. The maximum Gasteiger partial charge on any atom is 0.354 e. The Morgan fingerprint density at radius 2 is 1.88 bits per heavy atom. The van der Waals surface area contributed by atoms with E-state index in [1.807, 2.05) is 0 Å². The first-order chi connectivity index (χ1) is 15.9. The number of allylic oxidation sites excluding steroid dienone is 2. The van der Waals surface area contributed by atoms with E-state index in [1.165, 1.54) is 37.8 Å². The van der Waals surface area contributed by atoms with Gasteiger partial charge in [-0.2, -0.15) is 5.26 Å². The third kappa shape index (κ3) is 2.81. The third-order valence-corrected chi connectivity index (χ3v) is 9.99. The summed E-state index contributed by atoms with van der Waals surface area (Å²) in [6.07, 6.45) is 12.7. The molecule has 4 aliphatic carbocycles. The van der Waals surface area contributed by atoms with Crippen molar-refractivity contribution >= 4 is 0 Å². The molecule has 6 atom stereocenters. The summed E-state index contributed by atoms with van der Waals surface area (Å²) >= 11 is 0. The summed E-state index contributed by atoms with van der Waals surface area (Å²) in [5.41, 5.74) is 2.40. The Bertz CT molecular complexity index is 1250. The van der Waals surface area contributed by atoms with E-state index in [9.17, 15) is 14.4 Å². The number of benzene rings is 1. The Hall–Kier alpha value is -2.67. The largest absolute Gasteiger partial charge is 0.421 e. The van der Waals surface area contributed by atoms with Gasteiger partial charge < -0.3 is 4.42 Å². The maximum atomic E-state index is 13.6. The Morgan fingerprint density at radius 1 is 1.09 bits per heavy atom. The lowest BCUT2D eigenvalue weighted by atomic mass is 9.46. The lowest BCUT2D eigenvalue weighted by Crippen LogP contribution is -2.52. The van der Waals surface area contributed by atoms with E-state index in [2.05, 4.69) is 32.1 Å². The van der Waals surface area contributed by atoms with Gasteiger partial charge in [-0.15, -0.1) is 0 Å². The molecule has 170 valence electrons. The van der Waals surface area contributed by atoms with Crippen LogP contribution in [0.3, 0.4) is 0 Å². The van der Waals surface area contributed by atoms with Crippen LogP contribution in [0.2, 0.25) is 0 Å². The van der Waals surface area contributed by atoms with Crippen molar-refractivity contribution in [3.8, 4) is 17.4 Å². The van der Waals surface area contributed by atoms with E-state index in [-0.39, 0.29) is 16.8 Å². The highest BCUT2D eigenvalue weighted by molar-refractivity contribution is 5.67. The van der Waals surface area contributed by atoms with Gasteiger partial charge in [0.1, 0.15) is 23.2 Å². The summed E-state index contributed by atoms with van der Waals surface area (Å²) in [5, 5.41) is 9.95. The Kier molecular flexibility index (Phi) is 4.54. The zero-order chi connectivity index (χ0) is 23.0. The molecule has 0 saturated heterocycles. The molecule has 4 aliphatic rings. The molecule has 0 aliphatic heterocycles. The average Bonchev–Trinajstić information content (AvgIpc) is 3.12. The zero-order valence-corrected chi connectivity index (χ0v) is 19.4. The van der Waals surface area contributed by atoms with Gasteiger partial charge in [-0.3, -0.25) is 0 Å². The number of hydrogen-bond donors (Lipinski definition) is 0. The van der Waals surface area contributed by atoms with E-state index < -0.39 is 5.63 Å². The Balaban J connectivity index is 1.49. The number of hydrogen-bond acceptors (Lipinski definition) is 3. The van der Waals surface area contributed by atoms with Gasteiger partial charge in [0.2, 0.25) is 0 Å². The van der Waals surface area contributed by atoms with Crippen molar-refractivity contribution in [1.82, 2.24) is 0 Å². The van der Waals surface area contributed by atoms with Gasteiger partial charge in [0.05, 0.1) is 0 Å². The molecule has 6 rings (SSSR count). The maximum absolute atomic E-state index is 13.6. The normalized spacial score (nSPS) is 36.3. The predicted molar refractivity (Wildman–Crippen MR) is 125 cm³/mol. The van der Waals surface area contributed by atoms with Crippen molar-refractivity contribution in [2.75, 3.05) is 0 Å². The molecule has 0 spiro atoms. The first-order valence-corrected chi connectivity index (χ1v) is 12.4.